The number of carboxylic acids is 1. The zero-order valence-electron chi connectivity index (χ0n) is 11.5. The van der Waals surface area contributed by atoms with E-state index in [1.54, 1.807) is 0 Å². The topological polar surface area (TPSA) is 77.9 Å². The molecule has 1 aliphatic heterocycles. The van der Waals surface area contributed by atoms with Crippen LogP contribution in [-0.4, -0.2) is 29.5 Å². The molecule has 9 heteroatoms. The number of methoxy groups -OCH3 is 1. The van der Waals surface area contributed by atoms with Crippen LogP contribution in [0.15, 0.2) is 24.3 Å². The molecule has 0 saturated heterocycles. The quantitative estimate of drug-likeness (QED) is 0.920. The Morgan fingerprint density at radius 1 is 1.30 bits per heavy atom. The summed E-state index contributed by atoms with van der Waals surface area (Å²) in [5.41, 5.74) is 0.0613. The average molecular weight is 344 g/mol. The van der Waals surface area contributed by atoms with Crippen LogP contribution in [0.1, 0.15) is 10.5 Å². The van der Waals surface area contributed by atoms with Gasteiger partial charge in [-0.05, 0) is 18.2 Å². The Hall–Kier alpha value is -2.61. The van der Waals surface area contributed by atoms with E-state index in [0.29, 0.717) is 0 Å². The van der Waals surface area contributed by atoms with E-state index < -0.39 is 12.3 Å². The lowest BCUT2D eigenvalue weighted by molar-refractivity contribution is -0.286. The fourth-order valence-electron chi connectivity index (χ4n) is 2.09. The Morgan fingerprint density at radius 3 is 2.57 bits per heavy atom. The van der Waals surface area contributed by atoms with Crippen molar-refractivity contribution in [3.8, 4) is 28.5 Å². The van der Waals surface area contributed by atoms with Gasteiger partial charge < -0.3 is 19.3 Å². The van der Waals surface area contributed by atoms with Crippen molar-refractivity contribution >= 4 is 17.6 Å². The fraction of sp³-hybridized carbons (Fsp3) is 0.143. The first-order valence-corrected chi connectivity index (χ1v) is 6.56. The van der Waals surface area contributed by atoms with E-state index in [-0.39, 0.29) is 39.2 Å². The predicted molar refractivity (Wildman–Crippen MR) is 74.4 cm³/mol. The molecule has 0 spiro atoms. The first kappa shape index (κ1) is 15.3. The van der Waals surface area contributed by atoms with Crippen molar-refractivity contribution in [3.05, 3.63) is 35.0 Å². The van der Waals surface area contributed by atoms with Gasteiger partial charge in [0.2, 0.25) is 0 Å². The SMILES string of the molecule is COc1cc2c(cc1-c1ccc(Cl)c(C(=O)O)n1)OC(F)(F)O2. The third-order valence-corrected chi connectivity index (χ3v) is 3.35. The molecule has 0 radical (unpaired) electrons. The molecule has 6 nitrogen and oxygen atoms in total. The molecule has 1 aliphatic rings. The summed E-state index contributed by atoms with van der Waals surface area (Å²) < 4.78 is 40.1. The molecule has 2 heterocycles. The summed E-state index contributed by atoms with van der Waals surface area (Å²) >= 11 is 5.77. The number of carboxylic acid groups (broad SMARTS) is 1. The van der Waals surface area contributed by atoms with Gasteiger partial charge in [0, 0.05) is 11.6 Å². The van der Waals surface area contributed by atoms with Crippen LogP contribution in [0.2, 0.25) is 5.02 Å². The minimum Gasteiger partial charge on any atom is -0.496 e. The number of hydrogen-bond donors (Lipinski definition) is 1. The van der Waals surface area contributed by atoms with Crippen LogP contribution >= 0.6 is 11.6 Å². The van der Waals surface area contributed by atoms with Crippen LogP contribution < -0.4 is 14.2 Å². The maximum atomic E-state index is 13.1. The number of pyridine rings is 1. The summed E-state index contributed by atoms with van der Waals surface area (Å²) in [7, 11) is 1.33. The zero-order valence-corrected chi connectivity index (χ0v) is 12.2. The molecule has 1 aromatic heterocycles. The Labute approximate surface area is 133 Å². The minimum absolute atomic E-state index is 0.0486. The monoisotopic (exact) mass is 343 g/mol. The van der Waals surface area contributed by atoms with Crippen LogP contribution in [0.3, 0.4) is 0 Å². The molecule has 23 heavy (non-hydrogen) atoms. The van der Waals surface area contributed by atoms with Gasteiger partial charge in [0.05, 0.1) is 17.8 Å². The van der Waals surface area contributed by atoms with Gasteiger partial charge in [-0.3, -0.25) is 0 Å². The third kappa shape index (κ3) is 2.72. The molecule has 0 saturated carbocycles. The second kappa shape index (κ2) is 5.24. The highest BCUT2D eigenvalue weighted by molar-refractivity contribution is 6.33. The molecular weight excluding hydrogens is 336 g/mol. The lowest BCUT2D eigenvalue weighted by Gasteiger charge is -2.10. The number of benzene rings is 1. The van der Waals surface area contributed by atoms with Crippen molar-refractivity contribution in [3.63, 3.8) is 0 Å². The Kier molecular flexibility index (Phi) is 3.48. The van der Waals surface area contributed by atoms with Gasteiger partial charge in [0.15, 0.2) is 17.2 Å². The van der Waals surface area contributed by atoms with Crippen LogP contribution in [-0.2, 0) is 0 Å². The lowest BCUT2D eigenvalue weighted by Crippen LogP contribution is -2.25. The molecule has 2 aromatic rings. The number of aromatic nitrogens is 1. The molecule has 1 N–H and O–H groups in total. The number of rotatable bonds is 3. The second-order valence-electron chi connectivity index (χ2n) is 4.50. The number of fused-ring (bicyclic) bond motifs is 1. The Bertz CT molecular complexity index is 812. The standard InChI is InChI=1S/C14H8ClF2NO5/c1-21-9-5-11-10(22-14(16,17)23-11)4-6(9)8-3-2-7(15)12(18-8)13(19)20/h2-5H,1H3,(H,19,20). The molecule has 0 bridgehead atoms. The summed E-state index contributed by atoms with van der Waals surface area (Å²) in [6, 6.07) is 5.22. The maximum Gasteiger partial charge on any atom is 0.586 e. The number of aromatic carboxylic acids is 1. The Balaban J connectivity index is 2.14. The highest BCUT2D eigenvalue weighted by Crippen LogP contribution is 2.46. The normalized spacial score (nSPS) is 14.6. The number of ether oxygens (including phenoxy) is 3. The minimum atomic E-state index is -3.77. The van der Waals surface area contributed by atoms with Crippen molar-refractivity contribution < 1.29 is 32.9 Å². The van der Waals surface area contributed by atoms with E-state index in [1.807, 2.05) is 0 Å². The summed E-state index contributed by atoms with van der Waals surface area (Å²) in [4.78, 5) is 15.0. The summed E-state index contributed by atoms with van der Waals surface area (Å²) in [6.07, 6.45) is -3.77. The van der Waals surface area contributed by atoms with Gasteiger partial charge >= 0.3 is 12.3 Å². The predicted octanol–water partition coefficient (Wildman–Crippen LogP) is 3.43. The number of alkyl halides is 2. The maximum absolute atomic E-state index is 13.1. The van der Waals surface area contributed by atoms with Gasteiger partial charge in [-0.2, -0.15) is 0 Å². The Morgan fingerprint density at radius 2 is 1.96 bits per heavy atom. The number of nitrogens with zero attached hydrogens (tertiary/aromatic N) is 1. The van der Waals surface area contributed by atoms with Crippen molar-refractivity contribution in [1.82, 2.24) is 4.98 Å². The van der Waals surface area contributed by atoms with Crippen LogP contribution in [0, 0.1) is 0 Å². The molecule has 0 unspecified atom stereocenters. The van der Waals surface area contributed by atoms with Crippen molar-refractivity contribution in [2.45, 2.75) is 6.29 Å². The summed E-state index contributed by atoms with van der Waals surface area (Å²) in [6.45, 7) is 0. The third-order valence-electron chi connectivity index (χ3n) is 3.05. The molecule has 0 amide bonds. The second-order valence-corrected chi connectivity index (χ2v) is 4.91. The molecule has 120 valence electrons. The van der Waals surface area contributed by atoms with Gasteiger partial charge in [-0.25, -0.2) is 9.78 Å². The van der Waals surface area contributed by atoms with E-state index in [1.165, 1.54) is 31.4 Å². The smallest absolute Gasteiger partial charge is 0.496 e. The van der Waals surface area contributed by atoms with Crippen LogP contribution in [0.4, 0.5) is 8.78 Å². The van der Waals surface area contributed by atoms with Crippen LogP contribution in [0.5, 0.6) is 17.2 Å². The van der Waals surface area contributed by atoms with E-state index in [2.05, 4.69) is 14.5 Å². The van der Waals surface area contributed by atoms with Gasteiger partial charge in [0.1, 0.15) is 5.75 Å². The van der Waals surface area contributed by atoms with Gasteiger partial charge in [0.25, 0.3) is 0 Å². The first-order chi connectivity index (χ1) is 10.8. The van der Waals surface area contributed by atoms with Crippen LogP contribution in [0.25, 0.3) is 11.3 Å². The number of carbonyl (C=O) groups is 1. The van der Waals surface area contributed by atoms with Gasteiger partial charge in [-0.15, -0.1) is 8.78 Å². The highest BCUT2D eigenvalue weighted by atomic mass is 35.5. The van der Waals surface area contributed by atoms with E-state index in [4.69, 9.17) is 21.4 Å². The summed E-state index contributed by atoms with van der Waals surface area (Å²) in [5.74, 6) is -1.55. The molecule has 0 fully saturated rings. The first-order valence-electron chi connectivity index (χ1n) is 6.19. The molecule has 0 aliphatic carbocycles. The van der Waals surface area contributed by atoms with Crippen molar-refractivity contribution in [1.29, 1.82) is 0 Å². The van der Waals surface area contributed by atoms with Crippen molar-refractivity contribution in [2.75, 3.05) is 7.11 Å². The lowest BCUT2D eigenvalue weighted by atomic mass is 10.1. The molecule has 3 rings (SSSR count). The molecule has 0 atom stereocenters. The fourth-order valence-corrected chi connectivity index (χ4v) is 2.27. The molecule has 1 aromatic carbocycles. The van der Waals surface area contributed by atoms with Gasteiger partial charge in [-0.1, -0.05) is 11.6 Å². The van der Waals surface area contributed by atoms with E-state index >= 15 is 0 Å². The highest BCUT2D eigenvalue weighted by Gasteiger charge is 2.44. The molecular formula is C14H8ClF2NO5. The number of hydrogen-bond acceptors (Lipinski definition) is 5. The zero-order chi connectivity index (χ0) is 16.8. The number of halogens is 3. The van der Waals surface area contributed by atoms with E-state index in [9.17, 15) is 13.6 Å². The van der Waals surface area contributed by atoms with Crippen molar-refractivity contribution in [2.24, 2.45) is 0 Å². The average Bonchev–Trinajstić information content (AvgIpc) is 2.78. The summed E-state index contributed by atoms with van der Waals surface area (Å²) in [5, 5.41) is 9.02. The largest absolute Gasteiger partial charge is 0.586 e. The van der Waals surface area contributed by atoms with E-state index in [0.717, 1.165) is 0 Å².